The van der Waals surface area contributed by atoms with E-state index in [0.717, 1.165) is 18.8 Å². The van der Waals surface area contributed by atoms with E-state index in [4.69, 9.17) is 16.3 Å². The number of rotatable bonds is 13. The minimum Gasteiger partial charge on any atom is -0.389 e. The van der Waals surface area contributed by atoms with Crippen molar-refractivity contribution in [2.45, 2.75) is 84.8 Å². The summed E-state index contributed by atoms with van der Waals surface area (Å²) < 4.78 is 5.87. The van der Waals surface area contributed by atoms with Crippen LogP contribution in [0.2, 0.25) is 0 Å². The Hall–Kier alpha value is 0.210. The van der Waals surface area contributed by atoms with Gasteiger partial charge in [0, 0.05) is 0 Å². The number of hydrogen-bond acceptors (Lipinski definition) is 2. The van der Waals surface area contributed by atoms with Gasteiger partial charge in [-0.2, -0.15) is 0 Å². The van der Waals surface area contributed by atoms with Crippen molar-refractivity contribution < 1.29 is 9.84 Å². The third-order valence-electron chi connectivity index (χ3n) is 3.88. The Morgan fingerprint density at radius 2 is 1.80 bits per heavy atom. The predicted octanol–water partition coefficient (Wildman–Crippen LogP) is 5.01. The molecule has 0 aromatic heterocycles. The molecule has 3 atom stereocenters. The van der Waals surface area contributed by atoms with Crippen molar-refractivity contribution in [2.24, 2.45) is 11.8 Å². The second kappa shape index (κ2) is 12.9. The van der Waals surface area contributed by atoms with E-state index in [1.54, 1.807) is 0 Å². The lowest BCUT2D eigenvalue weighted by molar-refractivity contribution is -0.0164. The first-order valence-electron chi connectivity index (χ1n) is 8.38. The summed E-state index contributed by atoms with van der Waals surface area (Å²) in [5.74, 6) is 1.71. The van der Waals surface area contributed by atoms with Crippen molar-refractivity contribution in [1.82, 2.24) is 0 Å². The minimum absolute atomic E-state index is 0.252. The van der Waals surface area contributed by atoms with Crippen molar-refractivity contribution in [3.8, 4) is 0 Å². The number of aliphatic hydroxyl groups is 1. The van der Waals surface area contributed by atoms with Crippen molar-refractivity contribution >= 4 is 11.6 Å². The highest BCUT2D eigenvalue weighted by atomic mass is 35.5. The first kappa shape index (κ1) is 20.2. The summed E-state index contributed by atoms with van der Waals surface area (Å²) >= 11 is 5.62. The van der Waals surface area contributed by atoms with E-state index in [1.807, 2.05) is 0 Å². The van der Waals surface area contributed by atoms with Gasteiger partial charge in [-0.1, -0.05) is 53.4 Å². The van der Waals surface area contributed by atoms with Gasteiger partial charge in [-0.15, -0.1) is 11.6 Å². The van der Waals surface area contributed by atoms with Gasteiger partial charge < -0.3 is 9.84 Å². The molecule has 20 heavy (non-hydrogen) atoms. The van der Waals surface area contributed by atoms with Crippen LogP contribution in [0.5, 0.6) is 0 Å². The van der Waals surface area contributed by atoms with Crippen molar-refractivity contribution in [2.75, 3.05) is 12.5 Å². The molecule has 0 saturated carbocycles. The van der Waals surface area contributed by atoms with Gasteiger partial charge in [-0.05, 0) is 31.1 Å². The third-order valence-corrected chi connectivity index (χ3v) is 4.23. The summed E-state index contributed by atoms with van der Waals surface area (Å²) in [5.41, 5.74) is 0. The molecule has 0 spiro atoms. The number of unbranched alkanes of at least 4 members (excludes halogenated alkanes) is 1. The van der Waals surface area contributed by atoms with Crippen LogP contribution in [0.3, 0.4) is 0 Å². The Kier molecular flexibility index (Phi) is 13.0. The Bertz CT molecular complexity index is 209. The Labute approximate surface area is 131 Å². The van der Waals surface area contributed by atoms with Crippen LogP contribution in [0, 0.1) is 11.8 Å². The van der Waals surface area contributed by atoms with E-state index in [9.17, 15) is 5.11 Å². The molecule has 0 aromatic carbocycles. The summed E-state index contributed by atoms with van der Waals surface area (Å²) in [7, 11) is 0. The van der Waals surface area contributed by atoms with Crippen molar-refractivity contribution in [3.63, 3.8) is 0 Å². The SMILES string of the molecule is CCCCC(CC)CCC(CC(C)C)OCC(O)CCl. The second-order valence-corrected chi connectivity index (χ2v) is 6.70. The molecule has 0 radical (unpaired) electrons. The van der Waals surface area contributed by atoms with Gasteiger partial charge in [0.25, 0.3) is 0 Å². The molecule has 0 aliphatic carbocycles. The third kappa shape index (κ3) is 10.9. The van der Waals surface area contributed by atoms with E-state index >= 15 is 0 Å². The van der Waals surface area contributed by atoms with Gasteiger partial charge in [0.2, 0.25) is 0 Å². The summed E-state index contributed by atoms with van der Waals surface area (Å²) in [6.45, 7) is 9.36. The van der Waals surface area contributed by atoms with Crippen LogP contribution in [0.15, 0.2) is 0 Å². The van der Waals surface area contributed by atoms with Gasteiger partial charge in [-0.25, -0.2) is 0 Å². The van der Waals surface area contributed by atoms with E-state index in [-0.39, 0.29) is 12.0 Å². The highest BCUT2D eigenvalue weighted by molar-refractivity contribution is 6.18. The molecule has 2 nitrogen and oxygen atoms in total. The number of halogens is 1. The fourth-order valence-corrected chi connectivity index (χ4v) is 2.64. The zero-order valence-corrected chi connectivity index (χ0v) is 14.7. The lowest BCUT2D eigenvalue weighted by Crippen LogP contribution is -2.24. The molecule has 0 fully saturated rings. The van der Waals surface area contributed by atoms with Crippen LogP contribution in [-0.4, -0.2) is 29.8 Å². The molecule has 0 heterocycles. The predicted molar refractivity (Wildman–Crippen MR) is 88.5 cm³/mol. The fraction of sp³-hybridized carbons (Fsp3) is 1.00. The molecule has 0 aliphatic rings. The standard InChI is InChI=1S/C17H35ClO2/c1-5-7-8-15(6-2)9-10-17(11-14(3)4)20-13-16(19)12-18/h14-17,19H,5-13H2,1-4H3. The topological polar surface area (TPSA) is 29.5 Å². The summed E-state index contributed by atoms with van der Waals surface area (Å²) in [5, 5.41) is 9.52. The number of alkyl halides is 1. The minimum atomic E-state index is -0.534. The maximum atomic E-state index is 9.52. The number of ether oxygens (including phenoxy) is 1. The average Bonchev–Trinajstić information content (AvgIpc) is 2.43. The largest absolute Gasteiger partial charge is 0.389 e. The summed E-state index contributed by atoms with van der Waals surface area (Å²) in [6, 6.07) is 0. The van der Waals surface area contributed by atoms with Crippen LogP contribution < -0.4 is 0 Å². The maximum Gasteiger partial charge on any atom is 0.0908 e. The lowest BCUT2D eigenvalue weighted by Gasteiger charge is -2.23. The van der Waals surface area contributed by atoms with Crippen LogP contribution in [0.4, 0.5) is 0 Å². The van der Waals surface area contributed by atoms with Crippen LogP contribution in [-0.2, 0) is 4.74 Å². The Morgan fingerprint density at radius 1 is 1.10 bits per heavy atom. The normalized spacial score (nSPS) is 16.4. The smallest absolute Gasteiger partial charge is 0.0908 e. The fourth-order valence-electron chi connectivity index (χ4n) is 2.55. The second-order valence-electron chi connectivity index (χ2n) is 6.39. The van der Waals surface area contributed by atoms with Crippen molar-refractivity contribution in [3.05, 3.63) is 0 Å². The van der Waals surface area contributed by atoms with E-state index in [0.29, 0.717) is 12.5 Å². The number of hydrogen-bond donors (Lipinski definition) is 1. The highest BCUT2D eigenvalue weighted by Gasteiger charge is 2.16. The molecule has 0 rings (SSSR count). The molecule has 3 unspecified atom stereocenters. The van der Waals surface area contributed by atoms with E-state index in [2.05, 4.69) is 27.7 Å². The monoisotopic (exact) mass is 306 g/mol. The first-order valence-corrected chi connectivity index (χ1v) is 8.92. The summed E-state index contributed by atoms with van der Waals surface area (Å²) in [6.07, 6.45) is 8.37. The molecular weight excluding hydrogens is 272 g/mol. The molecule has 122 valence electrons. The highest BCUT2D eigenvalue weighted by Crippen LogP contribution is 2.22. The quantitative estimate of drug-likeness (QED) is 0.484. The zero-order valence-electron chi connectivity index (χ0n) is 13.9. The molecule has 1 N–H and O–H groups in total. The van der Waals surface area contributed by atoms with Gasteiger partial charge in [0.1, 0.15) is 0 Å². The van der Waals surface area contributed by atoms with Gasteiger partial charge in [0.15, 0.2) is 0 Å². The van der Waals surface area contributed by atoms with Gasteiger partial charge in [-0.3, -0.25) is 0 Å². The van der Waals surface area contributed by atoms with E-state index in [1.165, 1.54) is 32.1 Å². The van der Waals surface area contributed by atoms with Gasteiger partial charge >= 0.3 is 0 Å². The van der Waals surface area contributed by atoms with Crippen LogP contribution in [0.1, 0.15) is 72.6 Å². The molecular formula is C17H35ClO2. The summed E-state index contributed by atoms with van der Waals surface area (Å²) in [4.78, 5) is 0. The number of aliphatic hydroxyl groups excluding tert-OH is 1. The Balaban J connectivity index is 4.12. The Morgan fingerprint density at radius 3 is 2.30 bits per heavy atom. The molecule has 0 aromatic rings. The van der Waals surface area contributed by atoms with Gasteiger partial charge in [0.05, 0.1) is 24.7 Å². The molecule has 0 saturated heterocycles. The molecule has 0 bridgehead atoms. The van der Waals surface area contributed by atoms with E-state index < -0.39 is 6.10 Å². The zero-order chi connectivity index (χ0) is 15.4. The maximum absolute atomic E-state index is 9.52. The van der Waals surface area contributed by atoms with Crippen LogP contribution >= 0.6 is 11.6 Å². The lowest BCUT2D eigenvalue weighted by atomic mass is 9.91. The molecule has 0 amide bonds. The van der Waals surface area contributed by atoms with Crippen LogP contribution in [0.25, 0.3) is 0 Å². The first-order chi connectivity index (χ1) is 9.53. The molecule has 3 heteroatoms. The average molecular weight is 307 g/mol. The molecule has 0 aliphatic heterocycles. The van der Waals surface area contributed by atoms with Crippen molar-refractivity contribution in [1.29, 1.82) is 0 Å².